The molecule has 1 aliphatic heterocycles. The predicted octanol–water partition coefficient (Wildman–Crippen LogP) is 1.55. The molecule has 7 heteroatoms. The lowest BCUT2D eigenvalue weighted by atomic mass is 9.91. The van der Waals surface area contributed by atoms with Gasteiger partial charge in [-0.05, 0) is 36.8 Å². The van der Waals surface area contributed by atoms with Crippen LogP contribution in [0.25, 0.3) is 0 Å². The Bertz CT molecular complexity index is 907. The summed E-state index contributed by atoms with van der Waals surface area (Å²) in [7, 11) is 1.72. The lowest BCUT2D eigenvalue weighted by molar-refractivity contribution is -0.130. The van der Waals surface area contributed by atoms with Crippen LogP contribution in [0.5, 0.6) is 0 Å². The van der Waals surface area contributed by atoms with Gasteiger partial charge in [0.25, 0.3) is 5.91 Å². The molecule has 1 aliphatic rings. The number of ketones is 1. The van der Waals surface area contributed by atoms with Gasteiger partial charge in [-0.3, -0.25) is 14.5 Å². The fourth-order valence-corrected chi connectivity index (χ4v) is 2.89. The lowest BCUT2D eigenvalue weighted by Crippen LogP contribution is -2.41. The van der Waals surface area contributed by atoms with Crippen LogP contribution in [0.15, 0.2) is 42.6 Å². The number of Topliss-reactive ketones (excluding diaryl/α,β-unsaturated/α-hetero) is 1. The van der Waals surface area contributed by atoms with E-state index in [1.54, 1.807) is 61.1 Å². The number of rotatable bonds is 4. The minimum Gasteiger partial charge on any atom is -0.348 e. The molecule has 1 atom stereocenters. The molecule has 1 aromatic heterocycles. The number of benzene rings is 1. The van der Waals surface area contributed by atoms with Crippen molar-refractivity contribution in [3.05, 3.63) is 59.4 Å². The molecule has 3 amide bonds. The van der Waals surface area contributed by atoms with Crippen molar-refractivity contribution in [1.82, 2.24) is 14.8 Å². The molecule has 0 radical (unpaired) electrons. The van der Waals surface area contributed by atoms with E-state index < -0.39 is 17.5 Å². The number of amides is 3. The van der Waals surface area contributed by atoms with E-state index in [1.165, 1.54) is 0 Å². The van der Waals surface area contributed by atoms with Crippen molar-refractivity contribution in [1.29, 1.82) is 5.26 Å². The van der Waals surface area contributed by atoms with E-state index in [0.29, 0.717) is 16.8 Å². The Hall–Kier alpha value is -3.40. The molecule has 126 valence electrons. The zero-order valence-electron chi connectivity index (χ0n) is 13.8. The molecule has 0 aliphatic carbocycles. The summed E-state index contributed by atoms with van der Waals surface area (Å²) in [4.78, 5) is 38.4. The Balaban J connectivity index is 1.85. The minimum absolute atomic E-state index is 0.319. The minimum atomic E-state index is -1.26. The molecule has 0 bridgehead atoms. The van der Waals surface area contributed by atoms with Gasteiger partial charge in [0.05, 0.1) is 23.9 Å². The van der Waals surface area contributed by atoms with E-state index in [0.717, 1.165) is 4.90 Å². The smallest absolute Gasteiger partial charge is 0.325 e. The highest BCUT2D eigenvalue weighted by Gasteiger charge is 2.49. The number of hydrogen-bond donors (Lipinski definition) is 1. The van der Waals surface area contributed by atoms with Crippen LogP contribution >= 0.6 is 0 Å². The first-order valence-corrected chi connectivity index (χ1v) is 7.66. The summed E-state index contributed by atoms with van der Waals surface area (Å²) in [6, 6.07) is 11.2. The van der Waals surface area contributed by atoms with Crippen molar-refractivity contribution in [2.75, 3.05) is 6.54 Å². The molecule has 3 rings (SSSR count). The van der Waals surface area contributed by atoms with Crippen LogP contribution in [0.3, 0.4) is 0 Å². The van der Waals surface area contributed by atoms with Gasteiger partial charge in [0.15, 0.2) is 5.78 Å². The average Bonchev–Trinajstić information content (AvgIpc) is 3.12. The van der Waals surface area contributed by atoms with Crippen LogP contribution in [-0.4, -0.2) is 33.7 Å². The molecule has 1 aromatic carbocycles. The number of nitrogens with zero attached hydrogens (tertiary/aromatic N) is 3. The van der Waals surface area contributed by atoms with Crippen molar-refractivity contribution in [3.8, 4) is 6.07 Å². The molecular weight excluding hydrogens is 320 g/mol. The molecule has 1 unspecified atom stereocenters. The Morgan fingerprint density at radius 1 is 1.24 bits per heavy atom. The van der Waals surface area contributed by atoms with E-state index in [-0.39, 0.29) is 12.3 Å². The fraction of sp³-hybridized carbons (Fsp3) is 0.222. The van der Waals surface area contributed by atoms with Crippen LogP contribution in [0.4, 0.5) is 4.79 Å². The van der Waals surface area contributed by atoms with Crippen LogP contribution in [0.1, 0.15) is 28.5 Å². The molecule has 0 spiro atoms. The Kier molecular flexibility index (Phi) is 3.89. The molecule has 25 heavy (non-hydrogen) atoms. The van der Waals surface area contributed by atoms with E-state index in [1.807, 2.05) is 6.07 Å². The summed E-state index contributed by atoms with van der Waals surface area (Å²) in [5, 5.41) is 11.5. The van der Waals surface area contributed by atoms with Crippen molar-refractivity contribution in [2.24, 2.45) is 7.05 Å². The van der Waals surface area contributed by atoms with Crippen molar-refractivity contribution < 1.29 is 14.4 Å². The highest BCUT2D eigenvalue weighted by molar-refractivity contribution is 6.11. The molecular formula is C18H16N4O3. The van der Waals surface area contributed by atoms with Gasteiger partial charge < -0.3 is 9.88 Å². The van der Waals surface area contributed by atoms with Gasteiger partial charge >= 0.3 is 6.03 Å². The fourth-order valence-electron chi connectivity index (χ4n) is 2.89. The number of aryl methyl sites for hydroxylation is 1. The second kappa shape index (κ2) is 5.91. The van der Waals surface area contributed by atoms with Crippen LogP contribution in [0, 0.1) is 11.3 Å². The van der Waals surface area contributed by atoms with Gasteiger partial charge in [-0.2, -0.15) is 5.26 Å². The molecule has 2 heterocycles. The van der Waals surface area contributed by atoms with E-state index in [4.69, 9.17) is 5.26 Å². The molecule has 7 nitrogen and oxygen atoms in total. The van der Waals surface area contributed by atoms with Crippen molar-refractivity contribution in [2.45, 2.75) is 12.5 Å². The Morgan fingerprint density at radius 3 is 2.48 bits per heavy atom. The summed E-state index contributed by atoms with van der Waals surface area (Å²) in [6.07, 6.45) is 1.72. The first kappa shape index (κ1) is 16.5. The summed E-state index contributed by atoms with van der Waals surface area (Å²) < 4.78 is 1.64. The number of nitrogens with one attached hydrogen (secondary N) is 1. The van der Waals surface area contributed by atoms with Gasteiger partial charge in [0.2, 0.25) is 0 Å². The van der Waals surface area contributed by atoms with E-state index in [9.17, 15) is 14.4 Å². The predicted molar refractivity (Wildman–Crippen MR) is 88.5 cm³/mol. The van der Waals surface area contributed by atoms with Gasteiger partial charge in [0, 0.05) is 13.2 Å². The average molecular weight is 336 g/mol. The number of urea groups is 1. The SMILES string of the molecule is Cn1cccc1C(=O)CN1C(=O)NC(C)(c2ccc(C#N)cc2)C1=O. The topological polar surface area (TPSA) is 95.2 Å². The maximum absolute atomic E-state index is 12.8. The first-order chi connectivity index (χ1) is 11.9. The van der Waals surface area contributed by atoms with Crippen LogP contribution in [0.2, 0.25) is 0 Å². The van der Waals surface area contributed by atoms with Gasteiger partial charge in [-0.15, -0.1) is 0 Å². The highest BCUT2D eigenvalue weighted by atomic mass is 16.2. The molecule has 1 fully saturated rings. The third-order valence-electron chi connectivity index (χ3n) is 4.40. The van der Waals surface area contributed by atoms with E-state index in [2.05, 4.69) is 5.32 Å². The van der Waals surface area contributed by atoms with Crippen LogP contribution in [-0.2, 0) is 17.4 Å². The maximum atomic E-state index is 12.8. The number of imide groups is 1. The molecule has 0 saturated carbocycles. The summed E-state index contributed by atoms with van der Waals surface area (Å²) in [6.45, 7) is 1.26. The number of aromatic nitrogens is 1. The summed E-state index contributed by atoms with van der Waals surface area (Å²) in [5.74, 6) is -0.815. The monoisotopic (exact) mass is 336 g/mol. The normalized spacial score (nSPS) is 19.6. The second-order valence-electron chi connectivity index (χ2n) is 6.06. The quantitative estimate of drug-likeness (QED) is 0.677. The number of nitriles is 1. The maximum Gasteiger partial charge on any atom is 0.325 e. The van der Waals surface area contributed by atoms with Gasteiger partial charge in [-0.25, -0.2) is 4.79 Å². The zero-order valence-corrected chi connectivity index (χ0v) is 13.8. The number of carbonyl (C=O) groups excluding carboxylic acids is 3. The summed E-state index contributed by atoms with van der Waals surface area (Å²) >= 11 is 0. The lowest BCUT2D eigenvalue weighted by Gasteiger charge is -2.22. The zero-order chi connectivity index (χ0) is 18.2. The first-order valence-electron chi connectivity index (χ1n) is 7.66. The van der Waals surface area contributed by atoms with Crippen molar-refractivity contribution >= 4 is 17.7 Å². The van der Waals surface area contributed by atoms with Crippen LogP contribution < -0.4 is 5.32 Å². The largest absolute Gasteiger partial charge is 0.348 e. The Morgan fingerprint density at radius 2 is 1.92 bits per heavy atom. The third kappa shape index (κ3) is 2.68. The second-order valence-corrected chi connectivity index (χ2v) is 6.06. The standard InChI is InChI=1S/C18H16N4O3/c1-18(13-7-5-12(10-19)6-8-13)16(24)22(17(25)20-18)11-15(23)14-4-3-9-21(14)2/h3-9H,11H2,1-2H3,(H,20,25). The Labute approximate surface area is 144 Å². The molecule has 2 aromatic rings. The number of carbonyl (C=O) groups is 3. The van der Waals surface area contributed by atoms with Crippen molar-refractivity contribution in [3.63, 3.8) is 0 Å². The van der Waals surface area contributed by atoms with E-state index >= 15 is 0 Å². The van der Waals surface area contributed by atoms with Gasteiger partial charge in [-0.1, -0.05) is 12.1 Å². The van der Waals surface area contributed by atoms with Gasteiger partial charge in [0.1, 0.15) is 5.54 Å². The molecule has 1 saturated heterocycles. The number of hydrogen-bond acceptors (Lipinski definition) is 4. The summed E-state index contributed by atoms with van der Waals surface area (Å²) in [5.41, 5.74) is 0.172. The third-order valence-corrected chi connectivity index (χ3v) is 4.40. The molecule has 1 N–H and O–H groups in total. The highest BCUT2D eigenvalue weighted by Crippen LogP contribution is 2.29.